The summed E-state index contributed by atoms with van der Waals surface area (Å²) in [4.78, 5) is 11.9. The normalized spacial score (nSPS) is 21.9. The summed E-state index contributed by atoms with van der Waals surface area (Å²) in [5.41, 5.74) is 0.999. The molecule has 1 aliphatic carbocycles. The second kappa shape index (κ2) is 7.66. The maximum Gasteiger partial charge on any atom is 0.310 e. The van der Waals surface area contributed by atoms with Gasteiger partial charge < -0.3 is 14.8 Å². The summed E-state index contributed by atoms with van der Waals surface area (Å²) in [6.07, 6.45) is 4.09. The van der Waals surface area contributed by atoms with Crippen molar-refractivity contribution >= 4 is 17.6 Å². The number of ether oxygens (including phenoxy) is 2. The SMILES string of the molecule is COC(=O)[C@@H]1CCCC[C@H]1NCc1cc(Cl)ccc1OC. The number of esters is 1. The molecule has 116 valence electrons. The molecule has 0 unspecified atom stereocenters. The third-order valence-electron chi connectivity index (χ3n) is 4.07. The minimum Gasteiger partial charge on any atom is -0.496 e. The lowest BCUT2D eigenvalue weighted by molar-refractivity contribution is -0.147. The van der Waals surface area contributed by atoms with Crippen LogP contribution in [0.5, 0.6) is 5.75 Å². The summed E-state index contributed by atoms with van der Waals surface area (Å²) < 4.78 is 10.3. The van der Waals surface area contributed by atoms with Gasteiger partial charge in [0.2, 0.25) is 0 Å². The zero-order chi connectivity index (χ0) is 15.2. The van der Waals surface area contributed by atoms with Crippen molar-refractivity contribution in [3.63, 3.8) is 0 Å². The van der Waals surface area contributed by atoms with E-state index in [1.54, 1.807) is 7.11 Å². The van der Waals surface area contributed by atoms with Crippen LogP contribution in [0.1, 0.15) is 31.2 Å². The number of rotatable bonds is 5. The Bertz CT molecular complexity index is 492. The number of methoxy groups -OCH3 is 2. The van der Waals surface area contributed by atoms with Gasteiger partial charge in [-0.25, -0.2) is 0 Å². The Balaban J connectivity index is 2.03. The fourth-order valence-electron chi connectivity index (χ4n) is 2.94. The molecule has 2 rings (SSSR count). The first-order valence-electron chi connectivity index (χ1n) is 7.29. The molecular weight excluding hydrogens is 290 g/mol. The highest BCUT2D eigenvalue weighted by Crippen LogP contribution is 2.27. The highest BCUT2D eigenvalue weighted by Gasteiger charge is 2.31. The Kier molecular flexibility index (Phi) is 5.88. The summed E-state index contributed by atoms with van der Waals surface area (Å²) in [7, 11) is 3.10. The lowest BCUT2D eigenvalue weighted by atomic mass is 9.84. The molecule has 5 heteroatoms. The molecule has 4 nitrogen and oxygen atoms in total. The molecule has 0 heterocycles. The fraction of sp³-hybridized carbons (Fsp3) is 0.562. The largest absolute Gasteiger partial charge is 0.496 e. The zero-order valence-corrected chi connectivity index (χ0v) is 13.3. The van der Waals surface area contributed by atoms with Gasteiger partial charge in [0.15, 0.2) is 0 Å². The van der Waals surface area contributed by atoms with Gasteiger partial charge >= 0.3 is 5.97 Å². The Hall–Kier alpha value is -1.26. The number of benzene rings is 1. The number of hydrogen-bond donors (Lipinski definition) is 1. The van der Waals surface area contributed by atoms with E-state index in [0.717, 1.165) is 37.0 Å². The predicted octanol–water partition coefficient (Wildman–Crippen LogP) is 3.17. The van der Waals surface area contributed by atoms with Gasteiger partial charge in [-0.3, -0.25) is 4.79 Å². The van der Waals surface area contributed by atoms with E-state index in [1.807, 2.05) is 18.2 Å². The molecule has 0 radical (unpaired) electrons. The number of carbonyl (C=O) groups is 1. The lowest BCUT2D eigenvalue weighted by Crippen LogP contribution is -2.42. The Morgan fingerprint density at radius 2 is 2.10 bits per heavy atom. The number of hydrogen-bond acceptors (Lipinski definition) is 4. The van der Waals surface area contributed by atoms with Gasteiger partial charge in [0, 0.05) is 23.2 Å². The van der Waals surface area contributed by atoms with Crippen LogP contribution in [0.4, 0.5) is 0 Å². The molecule has 0 spiro atoms. The zero-order valence-electron chi connectivity index (χ0n) is 12.5. The van der Waals surface area contributed by atoms with Crippen molar-refractivity contribution in [2.75, 3.05) is 14.2 Å². The lowest BCUT2D eigenvalue weighted by Gasteiger charge is -2.30. The maximum absolute atomic E-state index is 11.9. The first kappa shape index (κ1) is 16.1. The molecule has 0 aromatic heterocycles. The monoisotopic (exact) mass is 311 g/mol. The summed E-state index contributed by atoms with van der Waals surface area (Å²) in [6, 6.07) is 5.71. The molecule has 0 bridgehead atoms. The average molecular weight is 312 g/mol. The maximum atomic E-state index is 11.9. The molecule has 0 saturated heterocycles. The Morgan fingerprint density at radius 3 is 2.81 bits per heavy atom. The van der Waals surface area contributed by atoms with Gasteiger partial charge in [-0.2, -0.15) is 0 Å². The van der Waals surface area contributed by atoms with E-state index in [9.17, 15) is 4.79 Å². The number of carbonyl (C=O) groups excluding carboxylic acids is 1. The van der Waals surface area contributed by atoms with Crippen molar-refractivity contribution in [2.45, 2.75) is 38.3 Å². The number of nitrogens with one attached hydrogen (secondary N) is 1. The topological polar surface area (TPSA) is 47.6 Å². The highest BCUT2D eigenvalue weighted by atomic mass is 35.5. The van der Waals surface area contributed by atoms with Crippen LogP contribution >= 0.6 is 11.6 Å². The van der Waals surface area contributed by atoms with Crippen molar-refractivity contribution in [2.24, 2.45) is 5.92 Å². The van der Waals surface area contributed by atoms with Crippen molar-refractivity contribution in [3.8, 4) is 5.75 Å². The first-order chi connectivity index (χ1) is 10.2. The third kappa shape index (κ3) is 4.11. The third-order valence-corrected chi connectivity index (χ3v) is 4.30. The van der Waals surface area contributed by atoms with E-state index in [4.69, 9.17) is 21.1 Å². The summed E-state index contributed by atoms with van der Waals surface area (Å²) in [6.45, 7) is 0.627. The van der Waals surface area contributed by atoms with Gasteiger partial charge in [0.25, 0.3) is 0 Å². The second-order valence-corrected chi connectivity index (χ2v) is 5.79. The van der Waals surface area contributed by atoms with Crippen molar-refractivity contribution in [1.82, 2.24) is 5.32 Å². The van der Waals surface area contributed by atoms with Crippen molar-refractivity contribution < 1.29 is 14.3 Å². The molecule has 1 aliphatic rings. The highest BCUT2D eigenvalue weighted by molar-refractivity contribution is 6.30. The van der Waals surface area contributed by atoms with Crippen LogP contribution in [0, 0.1) is 5.92 Å². The van der Waals surface area contributed by atoms with Gasteiger partial charge in [0.1, 0.15) is 5.75 Å². The van der Waals surface area contributed by atoms with E-state index in [0.29, 0.717) is 11.6 Å². The summed E-state index contributed by atoms with van der Waals surface area (Å²) in [5, 5.41) is 4.15. The van der Waals surface area contributed by atoms with Crippen LogP contribution in [0.15, 0.2) is 18.2 Å². The molecule has 1 saturated carbocycles. The predicted molar refractivity (Wildman–Crippen MR) is 82.6 cm³/mol. The Labute approximate surface area is 130 Å². The van der Waals surface area contributed by atoms with E-state index >= 15 is 0 Å². The molecule has 21 heavy (non-hydrogen) atoms. The average Bonchev–Trinajstić information content (AvgIpc) is 2.52. The van der Waals surface area contributed by atoms with Crippen LogP contribution < -0.4 is 10.1 Å². The smallest absolute Gasteiger partial charge is 0.310 e. The van der Waals surface area contributed by atoms with Crippen LogP contribution in [0.3, 0.4) is 0 Å². The fourth-order valence-corrected chi connectivity index (χ4v) is 3.13. The Morgan fingerprint density at radius 1 is 1.33 bits per heavy atom. The van der Waals surface area contributed by atoms with E-state index in [2.05, 4.69) is 5.32 Å². The minimum atomic E-state index is -0.120. The van der Waals surface area contributed by atoms with E-state index in [1.165, 1.54) is 7.11 Å². The van der Waals surface area contributed by atoms with Crippen LogP contribution in [-0.4, -0.2) is 26.2 Å². The van der Waals surface area contributed by atoms with Crippen LogP contribution in [0.2, 0.25) is 5.02 Å². The standard InChI is InChI=1S/C16H22ClNO3/c1-20-15-8-7-12(17)9-11(15)10-18-14-6-4-3-5-13(14)16(19)21-2/h7-9,13-14,18H,3-6,10H2,1-2H3/t13-,14-/m1/s1. The molecule has 1 N–H and O–H groups in total. The van der Waals surface area contributed by atoms with Crippen LogP contribution in [-0.2, 0) is 16.1 Å². The molecule has 1 aromatic rings. The molecular formula is C16H22ClNO3. The quantitative estimate of drug-likeness (QED) is 0.849. The van der Waals surface area contributed by atoms with E-state index in [-0.39, 0.29) is 17.9 Å². The molecule has 0 aliphatic heterocycles. The molecule has 0 amide bonds. The first-order valence-corrected chi connectivity index (χ1v) is 7.67. The molecule has 1 fully saturated rings. The molecule has 1 aromatic carbocycles. The summed E-state index contributed by atoms with van der Waals surface area (Å²) >= 11 is 6.04. The van der Waals surface area contributed by atoms with Gasteiger partial charge in [-0.05, 0) is 31.0 Å². The van der Waals surface area contributed by atoms with Gasteiger partial charge in [0.05, 0.1) is 20.1 Å². The second-order valence-electron chi connectivity index (χ2n) is 5.36. The van der Waals surface area contributed by atoms with Gasteiger partial charge in [-0.15, -0.1) is 0 Å². The molecule has 2 atom stereocenters. The van der Waals surface area contributed by atoms with Crippen LogP contribution in [0.25, 0.3) is 0 Å². The van der Waals surface area contributed by atoms with E-state index < -0.39 is 0 Å². The number of halogens is 1. The van der Waals surface area contributed by atoms with Gasteiger partial charge in [-0.1, -0.05) is 24.4 Å². The summed E-state index contributed by atoms with van der Waals surface area (Å²) in [5.74, 6) is 0.622. The minimum absolute atomic E-state index is 0.0612. The van der Waals surface area contributed by atoms with Crippen molar-refractivity contribution in [3.05, 3.63) is 28.8 Å². The van der Waals surface area contributed by atoms with Crippen molar-refractivity contribution in [1.29, 1.82) is 0 Å².